The number of hydrogen-bond acceptors (Lipinski definition) is 4. The highest BCUT2D eigenvalue weighted by Gasteiger charge is 2.05. The Morgan fingerprint density at radius 2 is 1.82 bits per heavy atom. The molecule has 0 spiro atoms. The van der Waals surface area contributed by atoms with Crippen molar-refractivity contribution >= 4 is 39.3 Å². The van der Waals surface area contributed by atoms with Crippen LogP contribution in [-0.4, -0.2) is 33.0 Å². The van der Waals surface area contributed by atoms with Gasteiger partial charge in [0.2, 0.25) is 21.8 Å². The van der Waals surface area contributed by atoms with Gasteiger partial charge in [-0.3, -0.25) is 14.3 Å². The van der Waals surface area contributed by atoms with Crippen LogP contribution in [0.3, 0.4) is 0 Å². The quantitative estimate of drug-likeness (QED) is 0.489. The zero-order valence-corrected chi connectivity index (χ0v) is 15.9. The monoisotopic (exact) mass is 397 g/mol. The molecule has 2 aromatic rings. The number of nitrogens with one attached hydrogen (secondary N) is 3. The van der Waals surface area contributed by atoms with Gasteiger partial charge in [-0.2, -0.15) is 0 Å². The number of carbonyl (C=O) groups excluding carboxylic acids is 2. The molecule has 0 saturated carbocycles. The molecule has 3 N–H and O–H groups in total. The Kier molecular flexibility index (Phi) is 6.96. The molecule has 144 valence electrons. The van der Waals surface area contributed by atoms with Gasteiger partial charge in [-0.25, -0.2) is 8.42 Å². The van der Waals surface area contributed by atoms with E-state index in [4.69, 9.17) is 6.42 Å². The van der Waals surface area contributed by atoms with E-state index in [1.165, 1.54) is 6.08 Å². The summed E-state index contributed by atoms with van der Waals surface area (Å²) in [6.07, 6.45) is 9.20. The van der Waals surface area contributed by atoms with Gasteiger partial charge in [0.15, 0.2) is 0 Å². The Balaban J connectivity index is 1.83. The van der Waals surface area contributed by atoms with Crippen molar-refractivity contribution in [3.63, 3.8) is 0 Å². The Hall–Kier alpha value is -3.57. The van der Waals surface area contributed by atoms with Gasteiger partial charge in [0.05, 0.1) is 12.8 Å². The lowest BCUT2D eigenvalue weighted by molar-refractivity contribution is -0.121. The maximum Gasteiger partial charge on any atom is 0.244 e. The fraction of sp³-hybridized carbons (Fsp3) is 0.100. The third-order valence-electron chi connectivity index (χ3n) is 3.38. The Bertz CT molecular complexity index is 1040. The second-order valence-electron chi connectivity index (χ2n) is 5.82. The number of anilines is 2. The predicted octanol–water partition coefficient (Wildman–Crippen LogP) is 1.81. The van der Waals surface area contributed by atoms with Crippen molar-refractivity contribution in [3.05, 3.63) is 65.7 Å². The van der Waals surface area contributed by atoms with Gasteiger partial charge in [-0.1, -0.05) is 24.1 Å². The van der Waals surface area contributed by atoms with E-state index in [2.05, 4.69) is 21.3 Å². The molecule has 0 aromatic heterocycles. The molecule has 0 saturated heterocycles. The van der Waals surface area contributed by atoms with E-state index in [0.717, 1.165) is 6.26 Å². The van der Waals surface area contributed by atoms with Crippen LogP contribution in [0.5, 0.6) is 0 Å². The third kappa shape index (κ3) is 7.35. The van der Waals surface area contributed by atoms with E-state index in [1.54, 1.807) is 54.6 Å². The summed E-state index contributed by atoms with van der Waals surface area (Å²) in [5.74, 6) is 1.65. The number of rotatable bonds is 7. The van der Waals surface area contributed by atoms with Crippen LogP contribution >= 0.6 is 0 Å². The van der Waals surface area contributed by atoms with Gasteiger partial charge >= 0.3 is 0 Å². The van der Waals surface area contributed by atoms with E-state index in [-0.39, 0.29) is 12.5 Å². The first-order valence-electron chi connectivity index (χ1n) is 8.15. The molecule has 0 bridgehead atoms. The number of benzene rings is 2. The van der Waals surface area contributed by atoms with Crippen LogP contribution in [0.1, 0.15) is 11.1 Å². The van der Waals surface area contributed by atoms with Crippen LogP contribution in [-0.2, 0) is 19.6 Å². The minimum Gasteiger partial charge on any atom is -0.343 e. The molecule has 7 nitrogen and oxygen atoms in total. The molecule has 0 heterocycles. The minimum absolute atomic E-state index is 0.194. The summed E-state index contributed by atoms with van der Waals surface area (Å²) in [6.45, 7) is -0.194. The van der Waals surface area contributed by atoms with Gasteiger partial charge in [-0.05, 0) is 42.0 Å². The van der Waals surface area contributed by atoms with Crippen LogP contribution < -0.4 is 15.4 Å². The summed E-state index contributed by atoms with van der Waals surface area (Å²) < 4.78 is 24.7. The fourth-order valence-electron chi connectivity index (χ4n) is 2.17. The number of hydrogen-bond donors (Lipinski definition) is 3. The average Bonchev–Trinajstić information content (AvgIpc) is 2.64. The van der Waals surface area contributed by atoms with Crippen molar-refractivity contribution < 1.29 is 18.0 Å². The number of amides is 2. The van der Waals surface area contributed by atoms with Crippen LogP contribution in [0.4, 0.5) is 11.4 Å². The van der Waals surface area contributed by atoms with Crippen molar-refractivity contribution in [2.24, 2.45) is 0 Å². The zero-order valence-electron chi connectivity index (χ0n) is 15.1. The van der Waals surface area contributed by atoms with Gasteiger partial charge < -0.3 is 10.6 Å². The largest absolute Gasteiger partial charge is 0.343 e. The molecule has 2 aromatic carbocycles. The second-order valence-corrected chi connectivity index (χ2v) is 7.57. The van der Waals surface area contributed by atoms with Gasteiger partial charge in [0, 0.05) is 23.0 Å². The van der Waals surface area contributed by atoms with Crippen LogP contribution in [0, 0.1) is 12.3 Å². The lowest BCUT2D eigenvalue weighted by Crippen LogP contribution is -2.31. The Morgan fingerprint density at radius 1 is 1.11 bits per heavy atom. The lowest BCUT2D eigenvalue weighted by Gasteiger charge is -2.06. The third-order valence-corrected chi connectivity index (χ3v) is 3.98. The maximum atomic E-state index is 11.9. The summed E-state index contributed by atoms with van der Waals surface area (Å²) in [6, 6.07) is 13.3. The van der Waals surface area contributed by atoms with Crippen molar-refractivity contribution in [2.45, 2.75) is 0 Å². The number of sulfonamides is 1. The van der Waals surface area contributed by atoms with Crippen LogP contribution in [0.15, 0.2) is 54.6 Å². The molecule has 0 atom stereocenters. The highest BCUT2D eigenvalue weighted by atomic mass is 32.2. The summed E-state index contributed by atoms with van der Waals surface area (Å²) in [4.78, 5) is 23.7. The summed E-state index contributed by atoms with van der Waals surface area (Å²) >= 11 is 0. The molecule has 28 heavy (non-hydrogen) atoms. The Labute approximate surface area is 163 Å². The first-order chi connectivity index (χ1) is 13.2. The van der Waals surface area contributed by atoms with E-state index in [1.807, 2.05) is 0 Å². The normalized spacial score (nSPS) is 10.9. The molecule has 0 aliphatic heterocycles. The average molecular weight is 397 g/mol. The van der Waals surface area contributed by atoms with E-state index in [9.17, 15) is 18.0 Å². The van der Waals surface area contributed by atoms with Crippen molar-refractivity contribution in [1.82, 2.24) is 5.32 Å². The standard InChI is InChI=1S/C20H19N3O4S/c1-3-15-5-4-6-18(13-15)22-20(25)14-21-19(24)12-9-16-7-10-17(11-8-16)23-28(2,26)27/h1,4-13,23H,14H2,2H3,(H,21,24)(H,22,25)/b12-9+. The minimum atomic E-state index is -3.34. The van der Waals surface area contributed by atoms with Crippen LogP contribution in [0.25, 0.3) is 6.08 Å². The molecule has 2 rings (SSSR count). The lowest BCUT2D eigenvalue weighted by atomic mass is 10.2. The first-order valence-corrected chi connectivity index (χ1v) is 10.0. The summed E-state index contributed by atoms with van der Waals surface area (Å²) in [7, 11) is -3.34. The number of carbonyl (C=O) groups is 2. The van der Waals surface area contributed by atoms with Gasteiger partial charge in [0.1, 0.15) is 0 Å². The molecule has 8 heteroatoms. The van der Waals surface area contributed by atoms with Crippen molar-refractivity contribution in [2.75, 3.05) is 22.8 Å². The molecule has 0 fully saturated rings. The summed E-state index contributed by atoms with van der Waals surface area (Å²) in [5.41, 5.74) is 2.31. The van der Waals surface area contributed by atoms with E-state index in [0.29, 0.717) is 22.5 Å². The smallest absolute Gasteiger partial charge is 0.244 e. The highest BCUT2D eigenvalue weighted by Crippen LogP contribution is 2.12. The predicted molar refractivity (Wildman–Crippen MR) is 110 cm³/mol. The molecule has 2 amide bonds. The van der Waals surface area contributed by atoms with Gasteiger partial charge in [-0.15, -0.1) is 6.42 Å². The molecule has 0 radical (unpaired) electrons. The molecule has 0 aliphatic rings. The molecular weight excluding hydrogens is 378 g/mol. The van der Waals surface area contributed by atoms with Crippen molar-refractivity contribution in [3.8, 4) is 12.3 Å². The number of terminal acetylenes is 1. The van der Waals surface area contributed by atoms with Gasteiger partial charge in [0.25, 0.3) is 0 Å². The maximum absolute atomic E-state index is 11.9. The van der Waals surface area contributed by atoms with Crippen molar-refractivity contribution in [1.29, 1.82) is 0 Å². The topological polar surface area (TPSA) is 104 Å². The fourth-order valence-corrected chi connectivity index (χ4v) is 2.73. The zero-order chi connectivity index (χ0) is 20.6. The molecular formula is C20H19N3O4S. The summed E-state index contributed by atoms with van der Waals surface area (Å²) in [5, 5.41) is 5.12. The van der Waals surface area contributed by atoms with E-state index >= 15 is 0 Å². The first kappa shape index (κ1) is 20.7. The highest BCUT2D eigenvalue weighted by molar-refractivity contribution is 7.92. The van der Waals surface area contributed by atoms with Crippen LogP contribution in [0.2, 0.25) is 0 Å². The molecule has 0 aliphatic carbocycles. The second kappa shape index (κ2) is 9.39. The Morgan fingerprint density at radius 3 is 2.46 bits per heavy atom. The molecule has 0 unspecified atom stereocenters. The SMILES string of the molecule is C#Cc1cccc(NC(=O)CNC(=O)/C=C/c2ccc(NS(C)(=O)=O)cc2)c1. The van der Waals surface area contributed by atoms with E-state index < -0.39 is 15.9 Å².